The maximum atomic E-state index is 13.2. The topological polar surface area (TPSA) is 62.5 Å². The first kappa shape index (κ1) is 20.6. The van der Waals surface area contributed by atoms with Crippen LogP contribution in [0.4, 0.5) is 9.52 Å². The Hall–Kier alpha value is -3.26. The summed E-state index contributed by atoms with van der Waals surface area (Å²) >= 11 is 1.51. The zero-order chi connectivity index (χ0) is 22.1. The first-order chi connectivity index (χ1) is 15.5. The lowest BCUT2D eigenvalue weighted by Gasteiger charge is -2.31. The highest BCUT2D eigenvalue weighted by atomic mass is 32.1. The van der Waals surface area contributed by atoms with Crippen LogP contribution in [-0.4, -0.2) is 33.6 Å². The van der Waals surface area contributed by atoms with Gasteiger partial charge in [-0.25, -0.2) is 13.9 Å². The Kier molecular flexibility index (Phi) is 5.61. The highest BCUT2D eigenvalue weighted by Gasteiger charge is 2.27. The van der Waals surface area contributed by atoms with Crippen LogP contribution in [0.3, 0.4) is 0 Å². The minimum absolute atomic E-state index is 0.0560. The van der Waals surface area contributed by atoms with Crippen molar-refractivity contribution in [2.45, 2.75) is 26.3 Å². The molecule has 0 saturated carbocycles. The second-order valence-electron chi connectivity index (χ2n) is 8.24. The van der Waals surface area contributed by atoms with Crippen LogP contribution in [0.1, 0.15) is 24.0 Å². The van der Waals surface area contributed by atoms with E-state index in [-0.39, 0.29) is 17.6 Å². The fourth-order valence-corrected chi connectivity index (χ4v) is 5.02. The Morgan fingerprint density at radius 1 is 1.25 bits per heavy atom. The highest BCUT2D eigenvalue weighted by molar-refractivity contribution is 7.20. The van der Waals surface area contributed by atoms with Crippen LogP contribution in [-0.2, 0) is 11.3 Å². The molecule has 0 unspecified atom stereocenters. The van der Waals surface area contributed by atoms with Gasteiger partial charge in [0.25, 0.3) is 0 Å². The molecular weight excluding hydrogens is 425 g/mol. The first-order valence-electron chi connectivity index (χ1n) is 10.8. The van der Waals surface area contributed by atoms with Gasteiger partial charge in [0.2, 0.25) is 16.0 Å². The van der Waals surface area contributed by atoms with Crippen molar-refractivity contribution in [1.82, 2.24) is 19.9 Å². The molecular formula is C24H24FN5OS. The lowest BCUT2D eigenvalue weighted by Crippen LogP contribution is -2.43. The summed E-state index contributed by atoms with van der Waals surface area (Å²) < 4.78 is 14.9. The summed E-state index contributed by atoms with van der Waals surface area (Å²) in [5.74, 6) is -0.228. The second kappa shape index (κ2) is 8.70. The summed E-state index contributed by atoms with van der Waals surface area (Å²) in [7, 11) is 0. The fourth-order valence-electron chi connectivity index (χ4n) is 4.10. The smallest absolute Gasteiger partial charge is 0.225 e. The number of carbonyl (C=O) groups excluding carboxylic acids is 1. The summed E-state index contributed by atoms with van der Waals surface area (Å²) in [6.45, 7) is 4.14. The number of anilines is 1. The molecule has 0 aliphatic carbocycles. The molecule has 4 aromatic rings. The van der Waals surface area contributed by atoms with Gasteiger partial charge in [-0.15, -0.1) is 5.10 Å². The van der Waals surface area contributed by atoms with Crippen LogP contribution in [0.5, 0.6) is 0 Å². The Bertz CT molecular complexity index is 1220. The molecule has 32 heavy (non-hydrogen) atoms. The molecule has 0 radical (unpaired) electrons. The van der Waals surface area contributed by atoms with E-state index >= 15 is 0 Å². The SMILES string of the molecule is Cc1cccc(CNC(=O)[C@@H]2CCCN(c3nn4cc(-c5ccc(F)cc5)nc4s3)C2)c1. The van der Waals surface area contributed by atoms with E-state index in [2.05, 4.69) is 39.4 Å². The number of hydrogen-bond acceptors (Lipinski definition) is 5. The number of fused-ring (bicyclic) bond motifs is 1. The van der Waals surface area contributed by atoms with E-state index in [0.717, 1.165) is 46.3 Å². The van der Waals surface area contributed by atoms with E-state index in [4.69, 9.17) is 0 Å². The summed E-state index contributed by atoms with van der Waals surface area (Å²) in [6.07, 6.45) is 3.69. The zero-order valence-corrected chi connectivity index (χ0v) is 18.6. The van der Waals surface area contributed by atoms with Gasteiger partial charge in [-0.1, -0.05) is 41.2 Å². The van der Waals surface area contributed by atoms with Gasteiger partial charge in [0.05, 0.1) is 17.8 Å². The number of aryl methyl sites for hydroxylation is 1. The van der Waals surface area contributed by atoms with E-state index in [0.29, 0.717) is 13.1 Å². The van der Waals surface area contributed by atoms with Crippen molar-refractivity contribution < 1.29 is 9.18 Å². The van der Waals surface area contributed by atoms with Gasteiger partial charge in [0, 0.05) is 25.2 Å². The normalized spacial score (nSPS) is 16.4. The highest BCUT2D eigenvalue weighted by Crippen LogP contribution is 2.30. The molecule has 1 amide bonds. The van der Waals surface area contributed by atoms with Crippen molar-refractivity contribution in [2.75, 3.05) is 18.0 Å². The summed E-state index contributed by atoms with van der Waals surface area (Å²) in [5, 5.41) is 8.65. The number of amides is 1. The van der Waals surface area contributed by atoms with Gasteiger partial charge in [-0.3, -0.25) is 4.79 Å². The molecule has 1 N–H and O–H groups in total. The number of benzene rings is 2. The number of aromatic nitrogens is 3. The van der Waals surface area contributed by atoms with Gasteiger partial charge in [-0.2, -0.15) is 0 Å². The van der Waals surface area contributed by atoms with Crippen LogP contribution in [0, 0.1) is 18.7 Å². The quantitative estimate of drug-likeness (QED) is 0.489. The van der Waals surface area contributed by atoms with Gasteiger partial charge < -0.3 is 10.2 Å². The molecule has 1 aliphatic rings. The molecule has 1 aliphatic heterocycles. The van der Waals surface area contributed by atoms with Crippen LogP contribution in [0.15, 0.2) is 54.7 Å². The molecule has 2 aromatic heterocycles. The molecule has 1 fully saturated rings. The standard InChI is InChI=1S/C24H24FN5OS/c1-16-4-2-5-17(12-16)13-26-22(31)19-6-3-11-29(14-19)24-28-30-15-21(27-23(30)32-24)18-7-9-20(25)10-8-18/h2,4-5,7-10,12,15,19H,3,6,11,13-14H2,1H3,(H,26,31)/t19-/m1/s1. The van der Waals surface area contributed by atoms with Crippen LogP contribution >= 0.6 is 11.3 Å². The summed E-state index contributed by atoms with van der Waals surface area (Å²) in [5.41, 5.74) is 3.93. The van der Waals surface area contributed by atoms with Crippen molar-refractivity contribution in [1.29, 1.82) is 0 Å². The van der Waals surface area contributed by atoms with E-state index in [1.807, 2.05) is 18.3 Å². The Morgan fingerprint density at radius 3 is 2.88 bits per heavy atom. The second-order valence-corrected chi connectivity index (χ2v) is 9.17. The molecule has 6 nitrogen and oxygen atoms in total. The number of rotatable bonds is 5. The maximum absolute atomic E-state index is 13.2. The first-order valence-corrected chi connectivity index (χ1v) is 11.6. The predicted octanol–water partition coefficient (Wildman–Crippen LogP) is 4.44. The number of imidazole rings is 1. The van der Waals surface area contributed by atoms with E-state index in [1.165, 1.54) is 29.0 Å². The van der Waals surface area contributed by atoms with Gasteiger partial charge >= 0.3 is 0 Å². The molecule has 3 heterocycles. The molecule has 164 valence electrons. The Morgan fingerprint density at radius 2 is 2.09 bits per heavy atom. The molecule has 2 aromatic carbocycles. The molecule has 8 heteroatoms. The number of nitrogens with zero attached hydrogens (tertiary/aromatic N) is 4. The zero-order valence-electron chi connectivity index (χ0n) is 17.8. The molecule has 0 spiro atoms. The Balaban J connectivity index is 1.25. The van der Waals surface area contributed by atoms with Crippen LogP contribution in [0.2, 0.25) is 0 Å². The monoisotopic (exact) mass is 449 g/mol. The lowest BCUT2D eigenvalue weighted by molar-refractivity contribution is -0.125. The summed E-state index contributed by atoms with van der Waals surface area (Å²) in [4.78, 5) is 20.4. The van der Waals surface area contributed by atoms with Gasteiger partial charge in [-0.05, 0) is 49.6 Å². The largest absolute Gasteiger partial charge is 0.352 e. The van der Waals surface area contributed by atoms with Crippen LogP contribution < -0.4 is 10.2 Å². The summed E-state index contributed by atoms with van der Waals surface area (Å²) in [6, 6.07) is 14.5. The van der Waals surface area contributed by atoms with E-state index in [9.17, 15) is 9.18 Å². The predicted molar refractivity (Wildman–Crippen MR) is 124 cm³/mol. The molecule has 1 saturated heterocycles. The average Bonchev–Trinajstić information content (AvgIpc) is 3.38. The number of halogens is 1. The minimum Gasteiger partial charge on any atom is -0.352 e. The van der Waals surface area contributed by atoms with Crippen molar-refractivity contribution in [3.05, 3.63) is 71.7 Å². The minimum atomic E-state index is -0.266. The maximum Gasteiger partial charge on any atom is 0.225 e. The Labute approximate surface area is 189 Å². The average molecular weight is 450 g/mol. The van der Waals surface area contributed by atoms with E-state index < -0.39 is 0 Å². The van der Waals surface area contributed by atoms with Gasteiger partial charge in [0.15, 0.2) is 0 Å². The fraction of sp³-hybridized carbons (Fsp3) is 0.292. The number of piperidine rings is 1. The van der Waals surface area contributed by atoms with Crippen molar-refractivity contribution in [3.63, 3.8) is 0 Å². The third-order valence-corrected chi connectivity index (χ3v) is 6.77. The number of hydrogen-bond donors (Lipinski definition) is 1. The number of carbonyl (C=O) groups is 1. The van der Waals surface area contributed by atoms with Gasteiger partial charge in [0.1, 0.15) is 5.82 Å². The number of nitrogens with one attached hydrogen (secondary N) is 1. The molecule has 1 atom stereocenters. The lowest BCUT2D eigenvalue weighted by atomic mass is 9.97. The third-order valence-electron chi connectivity index (χ3n) is 5.78. The molecule has 0 bridgehead atoms. The third kappa shape index (κ3) is 4.36. The van der Waals surface area contributed by atoms with E-state index in [1.54, 1.807) is 16.6 Å². The van der Waals surface area contributed by atoms with Crippen LogP contribution in [0.25, 0.3) is 16.2 Å². The molecule has 5 rings (SSSR count). The van der Waals surface area contributed by atoms with Crippen molar-refractivity contribution >= 4 is 27.3 Å². The van der Waals surface area contributed by atoms with Crippen molar-refractivity contribution in [3.8, 4) is 11.3 Å². The van der Waals surface area contributed by atoms with Crippen molar-refractivity contribution in [2.24, 2.45) is 5.92 Å².